The molecule has 3 aromatic rings. The van der Waals surface area contributed by atoms with Crippen molar-refractivity contribution >= 4 is 40.5 Å². The van der Waals surface area contributed by atoms with Crippen molar-refractivity contribution in [2.24, 2.45) is 7.05 Å². The highest BCUT2D eigenvalue weighted by Gasteiger charge is 2.24. The molecule has 0 unspecified atom stereocenters. The van der Waals surface area contributed by atoms with Crippen molar-refractivity contribution in [2.45, 2.75) is 36.9 Å². The fourth-order valence-corrected chi connectivity index (χ4v) is 3.97. The van der Waals surface area contributed by atoms with E-state index >= 15 is 0 Å². The van der Waals surface area contributed by atoms with Crippen LogP contribution in [0.15, 0.2) is 39.0 Å². The Morgan fingerprint density at radius 1 is 1.31 bits per heavy atom. The number of fused-ring (bicyclic) bond motifs is 1. The second-order valence-corrected chi connectivity index (χ2v) is 8.67. The van der Waals surface area contributed by atoms with Crippen LogP contribution in [0.4, 0.5) is 0 Å². The molecule has 3 rings (SSSR count). The molecule has 0 spiro atoms. The van der Waals surface area contributed by atoms with Crippen molar-refractivity contribution in [2.75, 3.05) is 13.2 Å². The maximum atomic E-state index is 12.5. The van der Waals surface area contributed by atoms with E-state index in [1.54, 1.807) is 38.1 Å². The van der Waals surface area contributed by atoms with Crippen LogP contribution in [0.5, 0.6) is 5.75 Å². The number of esters is 1. The van der Waals surface area contributed by atoms with Gasteiger partial charge >= 0.3 is 11.7 Å². The van der Waals surface area contributed by atoms with Crippen molar-refractivity contribution < 1.29 is 19.4 Å². The number of aliphatic hydroxyl groups is 1. The number of aromatic amines is 1. The summed E-state index contributed by atoms with van der Waals surface area (Å²) in [5.74, 6) is 0.0836. The summed E-state index contributed by atoms with van der Waals surface area (Å²) in [6, 6.07) is 6.67. The van der Waals surface area contributed by atoms with Gasteiger partial charge in [-0.05, 0) is 38.1 Å². The van der Waals surface area contributed by atoms with Crippen LogP contribution >= 0.6 is 23.4 Å². The van der Waals surface area contributed by atoms with Crippen LogP contribution in [0, 0.1) is 0 Å². The number of H-pyrrole nitrogens is 1. The number of halogens is 1. The number of aromatic nitrogens is 4. The summed E-state index contributed by atoms with van der Waals surface area (Å²) in [6.45, 7) is 3.47. The topological polar surface area (TPSA) is 128 Å². The summed E-state index contributed by atoms with van der Waals surface area (Å²) in [6.07, 6.45) is -1.02. The van der Waals surface area contributed by atoms with Crippen LogP contribution in [0.1, 0.15) is 13.8 Å². The molecular formula is C20H23ClN4O6S. The molecule has 10 nitrogen and oxygen atoms in total. The first-order valence-corrected chi connectivity index (χ1v) is 11.1. The molecule has 0 aliphatic carbocycles. The minimum atomic E-state index is -1.02. The predicted molar refractivity (Wildman–Crippen MR) is 121 cm³/mol. The van der Waals surface area contributed by atoms with E-state index in [1.165, 1.54) is 16.2 Å². The number of aliphatic hydroxyl groups excluding tert-OH is 1. The first-order valence-electron chi connectivity index (χ1n) is 9.80. The molecule has 172 valence electrons. The average Bonchev–Trinajstić information content (AvgIpc) is 3.10. The Bertz CT molecular complexity index is 1220. The quantitative estimate of drug-likeness (QED) is 0.347. The van der Waals surface area contributed by atoms with Gasteiger partial charge in [0.15, 0.2) is 16.3 Å². The molecule has 2 atom stereocenters. The number of aryl methyl sites for hydroxylation is 1. The van der Waals surface area contributed by atoms with Gasteiger partial charge in [-0.2, -0.15) is 0 Å². The van der Waals surface area contributed by atoms with Gasteiger partial charge in [-0.1, -0.05) is 23.4 Å². The van der Waals surface area contributed by atoms with Crippen molar-refractivity contribution in [3.63, 3.8) is 0 Å². The van der Waals surface area contributed by atoms with Crippen molar-refractivity contribution in [3.05, 3.63) is 50.1 Å². The fraction of sp³-hybridized carbons (Fsp3) is 0.400. The lowest BCUT2D eigenvalue weighted by atomic mass is 10.3. The predicted octanol–water partition coefficient (Wildman–Crippen LogP) is 1.56. The Balaban J connectivity index is 1.91. The molecule has 0 saturated heterocycles. The van der Waals surface area contributed by atoms with E-state index in [4.69, 9.17) is 21.1 Å². The Hall–Kier alpha value is -2.76. The fourth-order valence-electron chi connectivity index (χ4n) is 2.93. The maximum absolute atomic E-state index is 12.5. The molecule has 2 aromatic heterocycles. The van der Waals surface area contributed by atoms with Gasteiger partial charge in [-0.25, -0.2) is 9.78 Å². The van der Waals surface area contributed by atoms with Crippen LogP contribution in [0.2, 0.25) is 5.02 Å². The summed E-state index contributed by atoms with van der Waals surface area (Å²) in [7, 11) is 1.47. The Labute approximate surface area is 192 Å². The third-order valence-corrected chi connectivity index (χ3v) is 5.84. The van der Waals surface area contributed by atoms with Crippen LogP contribution in [-0.4, -0.2) is 54.7 Å². The van der Waals surface area contributed by atoms with E-state index in [1.807, 2.05) is 0 Å². The van der Waals surface area contributed by atoms with E-state index in [0.717, 1.165) is 11.8 Å². The summed E-state index contributed by atoms with van der Waals surface area (Å²) in [5.41, 5.74) is -1.01. The summed E-state index contributed by atoms with van der Waals surface area (Å²) in [5, 5.41) is 10.8. The van der Waals surface area contributed by atoms with Gasteiger partial charge in [0.2, 0.25) is 0 Å². The molecule has 2 N–H and O–H groups in total. The number of imidazole rings is 1. The summed E-state index contributed by atoms with van der Waals surface area (Å²) >= 11 is 6.92. The first-order chi connectivity index (χ1) is 15.2. The monoisotopic (exact) mass is 482 g/mol. The van der Waals surface area contributed by atoms with E-state index < -0.39 is 28.6 Å². The molecular weight excluding hydrogens is 460 g/mol. The van der Waals surface area contributed by atoms with Crippen LogP contribution in [0.25, 0.3) is 11.2 Å². The molecule has 0 aliphatic rings. The molecule has 0 radical (unpaired) electrons. The number of benzene rings is 1. The number of nitrogens with zero attached hydrogens (tertiary/aromatic N) is 3. The average molecular weight is 483 g/mol. The van der Waals surface area contributed by atoms with Crippen LogP contribution < -0.4 is 16.0 Å². The van der Waals surface area contributed by atoms with Gasteiger partial charge in [-0.15, -0.1) is 0 Å². The smallest absolute Gasteiger partial charge is 0.329 e. The number of hydrogen-bond donors (Lipinski definition) is 2. The van der Waals surface area contributed by atoms with Crippen molar-refractivity contribution in [3.8, 4) is 5.75 Å². The standard InChI is InChI=1S/C20H23ClN4O6S/c1-4-30-18(28)11(2)32-20-22-16-15(17(27)23-19(29)24(16)3)25(20)9-13(26)10-31-14-7-5-12(21)6-8-14/h5-8,11,13,26H,4,9-10H2,1-3H3,(H,23,27,29)/t11-,13+/m0/s1. The molecule has 12 heteroatoms. The van der Waals surface area contributed by atoms with Gasteiger partial charge in [0.05, 0.1) is 13.2 Å². The van der Waals surface area contributed by atoms with Crippen molar-refractivity contribution in [1.29, 1.82) is 0 Å². The number of ether oxygens (including phenoxy) is 2. The number of hydrogen-bond acceptors (Lipinski definition) is 8. The molecule has 2 heterocycles. The van der Waals surface area contributed by atoms with Crippen LogP contribution in [-0.2, 0) is 23.1 Å². The largest absolute Gasteiger partial charge is 0.491 e. The summed E-state index contributed by atoms with van der Waals surface area (Å²) in [4.78, 5) is 43.2. The number of rotatable bonds is 9. The lowest BCUT2D eigenvalue weighted by Gasteiger charge is -2.16. The molecule has 32 heavy (non-hydrogen) atoms. The van der Waals surface area contributed by atoms with Gasteiger partial charge in [-0.3, -0.25) is 19.1 Å². The molecule has 0 fully saturated rings. The zero-order chi connectivity index (χ0) is 23.4. The Morgan fingerprint density at radius 2 is 2.00 bits per heavy atom. The third-order valence-electron chi connectivity index (χ3n) is 4.52. The SMILES string of the molecule is CCOC(=O)[C@H](C)Sc1nc2c(c(=O)[nH]c(=O)n2C)n1C[C@@H](O)COc1ccc(Cl)cc1. The van der Waals surface area contributed by atoms with Gasteiger partial charge in [0, 0.05) is 12.1 Å². The zero-order valence-corrected chi connectivity index (χ0v) is 19.3. The lowest BCUT2D eigenvalue weighted by Crippen LogP contribution is -2.31. The second-order valence-electron chi connectivity index (χ2n) is 6.93. The minimum absolute atomic E-state index is 0.0523. The van der Waals surface area contributed by atoms with E-state index in [-0.39, 0.29) is 36.1 Å². The number of carbonyl (C=O) groups excluding carboxylic acids is 1. The van der Waals surface area contributed by atoms with Gasteiger partial charge in [0.1, 0.15) is 23.7 Å². The second kappa shape index (κ2) is 10.2. The highest BCUT2D eigenvalue weighted by Crippen LogP contribution is 2.26. The minimum Gasteiger partial charge on any atom is -0.491 e. The first kappa shape index (κ1) is 23.9. The normalized spacial score (nSPS) is 13.2. The van der Waals surface area contributed by atoms with E-state index in [9.17, 15) is 19.5 Å². The number of carbonyl (C=O) groups is 1. The molecule has 1 aromatic carbocycles. The van der Waals surface area contributed by atoms with E-state index in [2.05, 4.69) is 9.97 Å². The van der Waals surface area contributed by atoms with Crippen molar-refractivity contribution in [1.82, 2.24) is 19.1 Å². The lowest BCUT2D eigenvalue weighted by molar-refractivity contribution is -0.142. The Kier molecular flexibility index (Phi) is 7.64. The highest BCUT2D eigenvalue weighted by atomic mass is 35.5. The number of thioether (sulfide) groups is 1. The maximum Gasteiger partial charge on any atom is 0.329 e. The zero-order valence-electron chi connectivity index (χ0n) is 17.7. The molecule has 0 bridgehead atoms. The van der Waals surface area contributed by atoms with Crippen LogP contribution in [0.3, 0.4) is 0 Å². The molecule has 0 saturated carbocycles. The Morgan fingerprint density at radius 3 is 2.66 bits per heavy atom. The third kappa shape index (κ3) is 5.34. The summed E-state index contributed by atoms with van der Waals surface area (Å²) < 4.78 is 13.3. The van der Waals surface area contributed by atoms with Gasteiger partial charge < -0.3 is 19.1 Å². The molecule has 0 aliphatic heterocycles. The van der Waals surface area contributed by atoms with Gasteiger partial charge in [0.25, 0.3) is 5.56 Å². The molecule has 0 amide bonds. The highest BCUT2D eigenvalue weighted by molar-refractivity contribution is 8.00. The number of nitrogens with one attached hydrogen (secondary N) is 1. The van der Waals surface area contributed by atoms with E-state index in [0.29, 0.717) is 10.8 Å².